The molecule has 0 bridgehead atoms. The van der Waals surface area contributed by atoms with Crippen molar-refractivity contribution >= 4 is 28.6 Å². The van der Waals surface area contributed by atoms with Gasteiger partial charge in [0, 0.05) is 16.2 Å². The van der Waals surface area contributed by atoms with Crippen LogP contribution in [-0.2, 0) is 17.3 Å². The van der Waals surface area contributed by atoms with E-state index in [1.54, 1.807) is 0 Å². The standard InChI is InChI=1S/C29H26NPS/c1-2-29(26-17-9-4-10-18-26,24-23-25-15-7-3-8-16-25)30-31(32,27-19-11-5-12-20-27)28-21-13-6-14-22-28/h3-22H,2H2,1H3,(H,30,32)/t29-/m0/s1. The van der Waals surface area contributed by atoms with Crippen LogP contribution in [0.4, 0.5) is 0 Å². The maximum Gasteiger partial charge on any atom is 0.110 e. The second-order valence-corrected chi connectivity index (χ2v) is 11.8. The molecule has 4 aromatic rings. The van der Waals surface area contributed by atoms with E-state index in [9.17, 15) is 0 Å². The molecule has 0 fully saturated rings. The lowest BCUT2D eigenvalue weighted by Gasteiger charge is -2.37. The summed E-state index contributed by atoms with van der Waals surface area (Å²) in [5.74, 6) is 7.03. The Bertz CT molecular complexity index is 1200. The van der Waals surface area contributed by atoms with E-state index in [0.29, 0.717) is 0 Å². The quantitative estimate of drug-likeness (QED) is 0.286. The SMILES string of the molecule is CC[C@@](C#Cc1ccccc1)(NP(=S)(c1ccccc1)c1ccccc1)c1ccccc1. The van der Waals surface area contributed by atoms with Crippen molar-refractivity contribution in [3.8, 4) is 11.8 Å². The van der Waals surface area contributed by atoms with Crippen molar-refractivity contribution < 1.29 is 0 Å². The molecule has 0 aromatic heterocycles. The molecule has 0 saturated heterocycles. The number of hydrogen-bond acceptors (Lipinski definition) is 1. The Morgan fingerprint density at radius 1 is 0.688 bits per heavy atom. The van der Waals surface area contributed by atoms with Gasteiger partial charge < -0.3 is 0 Å². The van der Waals surface area contributed by atoms with Crippen LogP contribution in [0.15, 0.2) is 121 Å². The Morgan fingerprint density at radius 2 is 1.12 bits per heavy atom. The molecular formula is C29H26NPS. The van der Waals surface area contributed by atoms with Gasteiger partial charge in [0.25, 0.3) is 0 Å². The minimum absolute atomic E-state index is 0.585. The van der Waals surface area contributed by atoms with E-state index in [-0.39, 0.29) is 0 Å². The normalized spacial score (nSPS) is 12.9. The van der Waals surface area contributed by atoms with Gasteiger partial charge >= 0.3 is 0 Å². The van der Waals surface area contributed by atoms with E-state index in [1.807, 2.05) is 48.5 Å². The average Bonchev–Trinajstić information content (AvgIpc) is 2.89. The predicted octanol–water partition coefficient (Wildman–Crippen LogP) is 5.98. The second kappa shape index (κ2) is 10.1. The molecule has 1 atom stereocenters. The lowest BCUT2D eigenvalue weighted by atomic mass is 9.88. The molecule has 0 heterocycles. The minimum Gasteiger partial charge on any atom is -0.261 e. The zero-order chi connectivity index (χ0) is 22.3. The lowest BCUT2D eigenvalue weighted by Crippen LogP contribution is -2.43. The first-order chi connectivity index (χ1) is 15.7. The summed E-state index contributed by atoms with van der Waals surface area (Å²) in [7, 11) is 0. The van der Waals surface area contributed by atoms with Crippen molar-refractivity contribution in [2.75, 3.05) is 0 Å². The van der Waals surface area contributed by atoms with Crippen LogP contribution >= 0.6 is 6.19 Å². The summed E-state index contributed by atoms with van der Waals surface area (Å²) >= 11 is 6.51. The Morgan fingerprint density at radius 3 is 1.59 bits per heavy atom. The summed E-state index contributed by atoms with van der Waals surface area (Å²) < 4.78 is 0. The fraction of sp³-hybridized carbons (Fsp3) is 0.103. The average molecular weight is 452 g/mol. The van der Waals surface area contributed by atoms with Gasteiger partial charge in [-0.15, -0.1) is 0 Å². The molecule has 4 aromatic carbocycles. The van der Waals surface area contributed by atoms with Gasteiger partial charge in [0.05, 0.1) is 6.19 Å². The van der Waals surface area contributed by atoms with Crippen molar-refractivity contribution in [3.05, 3.63) is 132 Å². The van der Waals surface area contributed by atoms with Gasteiger partial charge in [0.15, 0.2) is 0 Å². The van der Waals surface area contributed by atoms with Crippen molar-refractivity contribution in [1.82, 2.24) is 5.09 Å². The molecule has 1 nitrogen and oxygen atoms in total. The minimum atomic E-state index is -2.37. The van der Waals surface area contributed by atoms with Crippen molar-refractivity contribution in [2.45, 2.75) is 18.9 Å². The van der Waals surface area contributed by atoms with Crippen molar-refractivity contribution in [3.63, 3.8) is 0 Å². The summed E-state index contributed by atoms with van der Waals surface area (Å²) in [6, 6.07) is 41.5. The molecule has 3 heteroatoms. The summed E-state index contributed by atoms with van der Waals surface area (Å²) in [5, 5.41) is 6.24. The smallest absolute Gasteiger partial charge is 0.110 e. The van der Waals surface area contributed by atoms with Gasteiger partial charge in [-0.3, -0.25) is 5.09 Å². The fourth-order valence-electron chi connectivity index (χ4n) is 3.78. The first-order valence-electron chi connectivity index (χ1n) is 10.8. The van der Waals surface area contributed by atoms with E-state index in [0.717, 1.165) is 28.2 Å². The molecule has 0 aliphatic rings. The summed E-state index contributed by atoms with van der Waals surface area (Å²) in [4.78, 5) is 0. The van der Waals surface area contributed by atoms with Crippen LogP contribution in [0.25, 0.3) is 0 Å². The highest BCUT2D eigenvalue weighted by molar-refractivity contribution is 8.20. The number of benzene rings is 4. The highest BCUT2D eigenvalue weighted by Crippen LogP contribution is 2.45. The molecule has 0 aliphatic heterocycles. The van der Waals surface area contributed by atoms with Crippen LogP contribution in [0.3, 0.4) is 0 Å². The van der Waals surface area contributed by atoms with E-state index in [4.69, 9.17) is 11.8 Å². The third kappa shape index (κ3) is 4.77. The lowest BCUT2D eigenvalue weighted by molar-refractivity contribution is 0.517. The Kier molecular flexibility index (Phi) is 7.03. The topological polar surface area (TPSA) is 12.0 Å². The van der Waals surface area contributed by atoms with Gasteiger partial charge in [-0.05, 0) is 24.1 Å². The molecule has 0 saturated carbocycles. The van der Waals surface area contributed by atoms with Gasteiger partial charge in [0.1, 0.15) is 5.54 Å². The first kappa shape index (κ1) is 22.3. The number of hydrogen-bond donors (Lipinski definition) is 1. The van der Waals surface area contributed by atoms with Gasteiger partial charge in [-0.2, -0.15) is 0 Å². The highest BCUT2D eigenvalue weighted by atomic mass is 32.4. The molecule has 0 unspecified atom stereocenters. The summed E-state index contributed by atoms with van der Waals surface area (Å²) in [6.07, 6.45) is -1.58. The van der Waals surface area contributed by atoms with Crippen LogP contribution in [0.5, 0.6) is 0 Å². The molecule has 0 aliphatic carbocycles. The van der Waals surface area contributed by atoms with Crippen molar-refractivity contribution in [1.29, 1.82) is 0 Å². The van der Waals surface area contributed by atoms with Crippen LogP contribution in [0.2, 0.25) is 0 Å². The van der Waals surface area contributed by atoms with E-state index < -0.39 is 11.7 Å². The second-order valence-electron chi connectivity index (χ2n) is 7.63. The maximum atomic E-state index is 6.51. The van der Waals surface area contributed by atoms with Crippen LogP contribution in [0.1, 0.15) is 24.5 Å². The molecule has 0 radical (unpaired) electrons. The third-order valence-corrected chi connectivity index (χ3v) is 9.86. The molecule has 158 valence electrons. The number of rotatable bonds is 6. The highest BCUT2D eigenvalue weighted by Gasteiger charge is 2.35. The fourth-order valence-corrected chi connectivity index (χ4v) is 7.60. The molecule has 0 amide bonds. The predicted molar refractivity (Wildman–Crippen MR) is 141 cm³/mol. The van der Waals surface area contributed by atoms with E-state index in [2.05, 4.69) is 96.6 Å². The number of nitrogens with one attached hydrogen (secondary N) is 1. The van der Waals surface area contributed by atoms with Crippen LogP contribution in [-0.4, -0.2) is 0 Å². The Balaban J connectivity index is 1.90. The molecular weight excluding hydrogens is 425 g/mol. The van der Waals surface area contributed by atoms with E-state index >= 15 is 0 Å². The van der Waals surface area contributed by atoms with Crippen LogP contribution < -0.4 is 15.7 Å². The van der Waals surface area contributed by atoms with Gasteiger partial charge in [-0.25, -0.2) is 0 Å². The van der Waals surface area contributed by atoms with Gasteiger partial charge in [-0.1, -0.05) is 140 Å². The van der Waals surface area contributed by atoms with Crippen LogP contribution in [0, 0.1) is 11.8 Å². The monoisotopic (exact) mass is 451 g/mol. The molecule has 32 heavy (non-hydrogen) atoms. The Hall–Kier alpha value is -2.95. The maximum absolute atomic E-state index is 6.51. The molecule has 0 spiro atoms. The molecule has 1 N–H and O–H groups in total. The Labute approximate surface area is 196 Å². The van der Waals surface area contributed by atoms with Gasteiger partial charge in [0.2, 0.25) is 0 Å². The molecule has 4 rings (SSSR count). The largest absolute Gasteiger partial charge is 0.261 e. The first-order valence-corrected chi connectivity index (χ1v) is 13.6. The van der Waals surface area contributed by atoms with Crippen molar-refractivity contribution in [2.24, 2.45) is 0 Å². The zero-order valence-corrected chi connectivity index (χ0v) is 19.8. The summed E-state index contributed by atoms with van der Waals surface area (Å²) in [5.41, 5.74) is 1.54. The summed E-state index contributed by atoms with van der Waals surface area (Å²) in [6.45, 7) is 2.18. The third-order valence-electron chi connectivity index (χ3n) is 5.58. The van der Waals surface area contributed by atoms with E-state index in [1.165, 1.54) is 0 Å². The zero-order valence-electron chi connectivity index (χ0n) is 18.1.